The van der Waals surface area contributed by atoms with Gasteiger partial charge in [-0.1, -0.05) is 93.4 Å². The van der Waals surface area contributed by atoms with Gasteiger partial charge in [-0.15, -0.1) is 22.4 Å². The topological polar surface area (TPSA) is 129 Å². The Bertz CT molecular complexity index is 2300. The molecule has 9 nitrogen and oxygen atoms in total. The number of aromatic nitrogens is 3. The van der Waals surface area contributed by atoms with Crippen molar-refractivity contribution in [3.8, 4) is 0 Å². The van der Waals surface area contributed by atoms with E-state index in [4.69, 9.17) is 19.4 Å². The molecule has 5 heterocycles. The molecule has 57 heavy (non-hydrogen) atoms. The van der Waals surface area contributed by atoms with Crippen molar-refractivity contribution in [3.63, 3.8) is 0 Å². The van der Waals surface area contributed by atoms with Gasteiger partial charge in [0, 0.05) is 34.0 Å². The molecule has 2 aliphatic heterocycles. The quantitative estimate of drug-likeness (QED) is 0.0835. The number of hydrogen-bond acceptors (Lipinski definition) is 6. The Morgan fingerprint density at radius 2 is 1.53 bits per heavy atom. The number of carbonyl (C=O) groups is 2. The third kappa shape index (κ3) is 9.07. The number of methoxy groups -OCH3 is 1. The minimum Gasteiger partial charge on any atom is -0.657 e. The average Bonchev–Trinajstić information content (AvgIpc) is 3.89. The molecule has 1 fully saturated rings. The zero-order valence-corrected chi connectivity index (χ0v) is 37.4. The number of carbonyl (C=O) groups excluding carboxylic acids is 2. The molecule has 3 N–H and O–H groups in total. The van der Waals surface area contributed by atoms with Crippen LogP contribution in [-0.4, -0.2) is 64.8 Å². The zero-order chi connectivity index (χ0) is 40.4. The second-order valence-corrected chi connectivity index (χ2v) is 16.7. The summed E-state index contributed by atoms with van der Waals surface area (Å²) in [7, 11) is 1.35. The Morgan fingerprint density at radius 3 is 2.18 bits per heavy atom. The van der Waals surface area contributed by atoms with Crippen molar-refractivity contribution in [1.29, 1.82) is 0 Å². The van der Waals surface area contributed by atoms with Gasteiger partial charge in [-0.3, -0.25) is 9.59 Å². The summed E-state index contributed by atoms with van der Waals surface area (Å²) in [6.07, 6.45) is 17.6. The van der Waals surface area contributed by atoms with E-state index >= 15 is 0 Å². The van der Waals surface area contributed by atoms with Crippen LogP contribution in [0.15, 0.2) is 17.3 Å². The van der Waals surface area contributed by atoms with E-state index in [0.717, 1.165) is 80.1 Å². The first-order valence-electron chi connectivity index (χ1n) is 20.8. The van der Waals surface area contributed by atoms with E-state index < -0.39 is 17.9 Å². The smallest absolute Gasteiger partial charge is 0.657 e. The van der Waals surface area contributed by atoms with Crippen LogP contribution in [0.1, 0.15) is 130 Å². The van der Waals surface area contributed by atoms with Crippen LogP contribution < -0.4 is 36.6 Å². The Hall–Kier alpha value is -3.89. The normalized spacial score (nSPS) is 22.4. The minimum absolute atomic E-state index is 0. The molecule has 5 atom stereocenters. The molecule has 0 radical (unpaired) electrons. The SMILES string of the molecule is CCCCC[C@@H](C)CCC/C(C)=C/COC(=O)CC[C@@H]1C2N/C(=C\c3[n-]c(c(C)c3C)/C=c3\[nH]/c(c(C)c3C)=C\c3[n-]c4c(c3C)=C(O)[C@H](C(=O)OC)C=42)[C@H]1C.[Mg+2]. The zero-order valence-electron chi connectivity index (χ0n) is 35.9. The predicted molar refractivity (Wildman–Crippen MR) is 229 cm³/mol. The number of H-pyrrole nitrogens is 1. The number of aliphatic hydroxyl groups excluding tert-OH is 1. The molecular formula is C47H62MgN4O5. The summed E-state index contributed by atoms with van der Waals surface area (Å²) < 4.78 is 11.1. The van der Waals surface area contributed by atoms with E-state index in [1.807, 2.05) is 19.1 Å². The van der Waals surface area contributed by atoms with E-state index in [0.29, 0.717) is 22.6 Å². The van der Waals surface area contributed by atoms with E-state index in [1.165, 1.54) is 44.8 Å². The summed E-state index contributed by atoms with van der Waals surface area (Å²) in [5, 5.41) is 18.7. The van der Waals surface area contributed by atoms with Crippen molar-refractivity contribution in [1.82, 2.24) is 20.3 Å². The molecule has 1 saturated heterocycles. The minimum atomic E-state index is -1.02. The molecule has 302 valence electrons. The van der Waals surface area contributed by atoms with Crippen LogP contribution in [-0.2, 0) is 19.1 Å². The summed E-state index contributed by atoms with van der Waals surface area (Å²) in [5.74, 6) is -1.27. The van der Waals surface area contributed by atoms with Crippen LogP contribution >= 0.6 is 0 Å². The third-order valence-electron chi connectivity index (χ3n) is 13.0. The van der Waals surface area contributed by atoms with E-state index in [-0.39, 0.29) is 59.6 Å². The number of nitrogens with zero attached hydrogens (tertiary/aromatic N) is 2. The van der Waals surface area contributed by atoms with Crippen LogP contribution in [0.2, 0.25) is 0 Å². The van der Waals surface area contributed by atoms with Gasteiger partial charge in [0.05, 0.1) is 13.2 Å². The largest absolute Gasteiger partial charge is 2.00 e. The Morgan fingerprint density at radius 1 is 0.895 bits per heavy atom. The summed E-state index contributed by atoms with van der Waals surface area (Å²) in [6, 6.07) is -0.415. The summed E-state index contributed by atoms with van der Waals surface area (Å²) in [4.78, 5) is 40.7. The predicted octanol–water partition coefficient (Wildman–Crippen LogP) is 5.60. The number of hydrogen-bond donors (Lipinski definition) is 3. The van der Waals surface area contributed by atoms with Crippen LogP contribution in [0, 0.1) is 58.3 Å². The van der Waals surface area contributed by atoms with Gasteiger partial charge in [0.15, 0.2) is 0 Å². The molecule has 10 heteroatoms. The van der Waals surface area contributed by atoms with Crippen molar-refractivity contribution in [2.24, 2.45) is 23.7 Å². The van der Waals surface area contributed by atoms with Gasteiger partial charge in [-0.2, -0.15) is 0 Å². The second kappa shape index (κ2) is 18.8. The number of fused-ring (bicyclic) bond motifs is 8. The molecule has 0 saturated carbocycles. The molecule has 6 rings (SSSR count). The van der Waals surface area contributed by atoms with E-state index in [9.17, 15) is 14.7 Å². The number of unbranched alkanes of at least 4 members (excludes halogenated alkanes) is 2. The van der Waals surface area contributed by atoms with Crippen molar-refractivity contribution >= 4 is 64.6 Å². The number of aliphatic hydroxyl groups is 1. The Balaban J connectivity index is 0.00000620. The van der Waals surface area contributed by atoms with Gasteiger partial charge in [0.25, 0.3) is 0 Å². The van der Waals surface area contributed by atoms with Gasteiger partial charge < -0.3 is 34.8 Å². The number of allylic oxidation sites excluding steroid dienone is 2. The van der Waals surface area contributed by atoms with Crippen LogP contribution in [0.25, 0.3) is 29.6 Å². The maximum Gasteiger partial charge on any atom is 2.00 e. The maximum atomic E-state index is 13.5. The summed E-state index contributed by atoms with van der Waals surface area (Å²) in [6.45, 7) is 19.5. The molecule has 3 aromatic heterocycles. The molecule has 3 aromatic rings. The Kier molecular flexibility index (Phi) is 14.6. The van der Waals surface area contributed by atoms with Gasteiger partial charge in [-0.05, 0) is 95.4 Å². The van der Waals surface area contributed by atoms with Crippen molar-refractivity contribution in [2.45, 2.75) is 126 Å². The fourth-order valence-electron chi connectivity index (χ4n) is 8.94. The van der Waals surface area contributed by atoms with E-state index in [1.54, 1.807) is 0 Å². The standard InChI is InChI=1S/C47H62N4O5.Mg/c1-11-12-13-15-25(2)16-14-17-26(3)20-21-56-40(52)19-18-33-31(8)38-23-36-29(6)27(4)34(48-36)22-35-28(5)30(7)37(49-35)24-39-32(9)41-45(51-39)42(44(33)50-38)43(46(41)53)47(54)55-10;/h20,22-25,31,33,43-44,49-50,53H,11-19,21H2,1-10H3;/q-2;+2/b26-20+,35-22-,37-24-,38-23-;/t25-,31+,33+,43-,44?;/m1./s1. The molecule has 0 amide bonds. The van der Waals surface area contributed by atoms with Crippen molar-refractivity contribution in [2.75, 3.05) is 13.7 Å². The van der Waals surface area contributed by atoms with Crippen LogP contribution in [0.5, 0.6) is 0 Å². The molecule has 1 unspecified atom stereocenters. The fraction of sp³-hybridized carbons (Fsp3) is 0.532. The van der Waals surface area contributed by atoms with E-state index in [2.05, 4.69) is 77.8 Å². The summed E-state index contributed by atoms with van der Waals surface area (Å²) in [5.41, 5.74) is 10.6. The van der Waals surface area contributed by atoms with Crippen molar-refractivity contribution < 1.29 is 24.2 Å². The van der Waals surface area contributed by atoms with Crippen LogP contribution in [0.4, 0.5) is 0 Å². The maximum absolute atomic E-state index is 13.5. The average molecular weight is 787 g/mol. The van der Waals surface area contributed by atoms with Gasteiger partial charge in [0.2, 0.25) is 0 Å². The number of nitrogens with one attached hydrogen (secondary N) is 2. The van der Waals surface area contributed by atoms with Gasteiger partial charge in [0.1, 0.15) is 18.3 Å². The number of ether oxygens (including phenoxy) is 2. The van der Waals surface area contributed by atoms with Crippen molar-refractivity contribution in [3.05, 3.63) is 83.5 Å². The number of esters is 2. The molecular weight excluding hydrogens is 725 g/mol. The molecule has 8 bridgehead atoms. The molecule has 0 spiro atoms. The number of aromatic amines is 1. The molecule has 1 aliphatic carbocycles. The fourth-order valence-corrected chi connectivity index (χ4v) is 8.94. The number of rotatable bonds is 14. The van der Waals surface area contributed by atoms with Gasteiger partial charge >= 0.3 is 35.0 Å². The van der Waals surface area contributed by atoms with Gasteiger partial charge in [-0.25, -0.2) is 0 Å². The Labute approximate surface area is 354 Å². The third-order valence-corrected chi connectivity index (χ3v) is 13.0. The molecule has 0 aromatic carbocycles. The first kappa shape index (κ1) is 44.2. The summed E-state index contributed by atoms with van der Waals surface area (Å²) >= 11 is 0. The first-order valence-corrected chi connectivity index (χ1v) is 20.8. The second-order valence-electron chi connectivity index (χ2n) is 16.7. The monoisotopic (exact) mass is 786 g/mol. The molecule has 3 aliphatic rings. The first-order chi connectivity index (χ1) is 26.7. The van der Waals surface area contributed by atoms with Crippen LogP contribution in [0.3, 0.4) is 0 Å².